The first-order valence-electron chi connectivity index (χ1n) is 8.89. The summed E-state index contributed by atoms with van der Waals surface area (Å²) in [5.74, 6) is 2.50. The molecule has 5 rings (SSSR count). The summed E-state index contributed by atoms with van der Waals surface area (Å²) >= 11 is 0. The number of fused-ring (bicyclic) bond motifs is 1. The predicted octanol–water partition coefficient (Wildman–Crippen LogP) is 1.95. The van der Waals surface area contributed by atoms with Crippen molar-refractivity contribution >= 4 is 5.91 Å². The van der Waals surface area contributed by atoms with E-state index in [2.05, 4.69) is 31.9 Å². The van der Waals surface area contributed by atoms with E-state index in [4.69, 9.17) is 0 Å². The third kappa shape index (κ3) is 2.40. The van der Waals surface area contributed by atoms with E-state index in [1.54, 1.807) is 17.2 Å². The van der Waals surface area contributed by atoms with Crippen molar-refractivity contribution in [3.63, 3.8) is 0 Å². The lowest BCUT2D eigenvalue weighted by molar-refractivity contribution is 0.0679. The van der Waals surface area contributed by atoms with Gasteiger partial charge in [0.2, 0.25) is 0 Å². The quantitative estimate of drug-likeness (QED) is 0.722. The van der Waals surface area contributed by atoms with Crippen molar-refractivity contribution in [3.8, 4) is 5.69 Å². The molecule has 3 heterocycles. The van der Waals surface area contributed by atoms with Gasteiger partial charge in [-0.05, 0) is 31.9 Å². The summed E-state index contributed by atoms with van der Waals surface area (Å²) in [5.41, 5.74) is 1.41. The summed E-state index contributed by atoms with van der Waals surface area (Å²) in [6.07, 6.45) is 5.59. The number of aromatic nitrogens is 6. The Hall–Kier alpha value is -3.03. The SMILES string of the molecule is C[C@H]1CN(C(=O)c2ccccc2-n2cnnc2)Cc2nnc(C3CC3)n21. The van der Waals surface area contributed by atoms with Crippen molar-refractivity contribution in [3.05, 3.63) is 54.1 Å². The van der Waals surface area contributed by atoms with Crippen molar-refractivity contribution in [2.24, 2.45) is 0 Å². The minimum Gasteiger partial charge on any atom is -0.329 e. The Labute approximate surface area is 150 Å². The van der Waals surface area contributed by atoms with Gasteiger partial charge in [0.1, 0.15) is 18.5 Å². The van der Waals surface area contributed by atoms with Crippen LogP contribution in [0.5, 0.6) is 0 Å². The summed E-state index contributed by atoms with van der Waals surface area (Å²) in [4.78, 5) is 15.1. The van der Waals surface area contributed by atoms with Crippen LogP contribution in [0.3, 0.4) is 0 Å². The molecular weight excluding hydrogens is 330 g/mol. The molecule has 8 heteroatoms. The highest BCUT2D eigenvalue weighted by Crippen LogP contribution is 2.41. The fourth-order valence-corrected chi connectivity index (χ4v) is 3.71. The van der Waals surface area contributed by atoms with Crippen LogP contribution in [0.1, 0.15) is 53.7 Å². The largest absolute Gasteiger partial charge is 0.329 e. The van der Waals surface area contributed by atoms with Crippen LogP contribution in [0.2, 0.25) is 0 Å². The second-order valence-electron chi connectivity index (χ2n) is 7.04. The zero-order chi connectivity index (χ0) is 17.7. The van der Waals surface area contributed by atoms with Gasteiger partial charge in [-0.2, -0.15) is 0 Å². The standard InChI is InChI=1S/C18H19N7O/c1-12-8-23(9-16-21-22-17(25(12)16)13-6-7-13)18(26)14-4-2-3-5-15(14)24-10-19-20-11-24/h2-5,10-13H,6-9H2,1H3/t12-/m0/s1. The van der Waals surface area contributed by atoms with Crippen LogP contribution in [0.15, 0.2) is 36.9 Å². The van der Waals surface area contributed by atoms with Crippen LogP contribution in [0, 0.1) is 0 Å². The number of hydrogen-bond acceptors (Lipinski definition) is 5. The molecule has 0 bridgehead atoms. The Morgan fingerprint density at radius 1 is 1.12 bits per heavy atom. The third-order valence-corrected chi connectivity index (χ3v) is 5.11. The molecule has 1 amide bonds. The monoisotopic (exact) mass is 349 g/mol. The second-order valence-corrected chi connectivity index (χ2v) is 7.04. The van der Waals surface area contributed by atoms with Gasteiger partial charge in [0.05, 0.1) is 23.8 Å². The number of amides is 1. The first-order chi connectivity index (χ1) is 12.7. The Balaban J connectivity index is 1.47. The first-order valence-corrected chi connectivity index (χ1v) is 8.89. The number of carbonyl (C=O) groups excluding carboxylic acids is 1. The molecule has 1 saturated carbocycles. The molecule has 3 aromatic rings. The number of hydrogen-bond donors (Lipinski definition) is 0. The summed E-state index contributed by atoms with van der Waals surface area (Å²) in [6.45, 7) is 3.27. The lowest BCUT2D eigenvalue weighted by Crippen LogP contribution is -2.41. The normalized spacial score (nSPS) is 19.4. The van der Waals surface area contributed by atoms with Gasteiger partial charge >= 0.3 is 0 Å². The fourth-order valence-electron chi connectivity index (χ4n) is 3.71. The molecule has 1 aromatic carbocycles. The minimum atomic E-state index is -0.0108. The van der Waals surface area contributed by atoms with E-state index in [0.29, 0.717) is 24.6 Å². The second kappa shape index (κ2) is 5.76. The van der Waals surface area contributed by atoms with Crippen molar-refractivity contribution in [2.45, 2.75) is 38.3 Å². The van der Waals surface area contributed by atoms with Gasteiger partial charge in [0.25, 0.3) is 5.91 Å². The molecule has 132 valence electrons. The highest BCUT2D eigenvalue weighted by atomic mass is 16.2. The maximum Gasteiger partial charge on any atom is 0.256 e. The average molecular weight is 349 g/mol. The molecule has 0 radical (unpaired) electrons. The molecule has 2 aromatic heterocycles. The Kier molecular flexibility index (Phi) is 3.37. The summed E-state index contributed by atoms with van der Waals surface area (Å²) in [5, 5.41) is 16.4. The average Bonchev–Trinajstić information content (AvgIpc) is 3.19. The third-order valence-electron chi connectivity index (χ3n) is 5.11. The van der Waals surface area contributed by atoms with Gasteiger partial charge in [0, 0.05) is 12.5 Å². The fraction of sp³-hybridized carbons (Fsp3) is 0.389. The minimum absolute atomic E-state index is 0.0108. The van der Waals surface area contributed by atoms with Gasteiger partial charge in [0.15, 0.2) is 5.82 Å². The van der Waals surface area contributed by atoms with E-state index in [9.17, 15) is 4.79 Å². The molecule has 1 atom stereocenters. The van der Waals surface area contributed by atoms with E-state index in [-0.39, 0.29) is 11.9 Å². The highest BCUT2D eigenvalue weighted by molar-refractivity contribution is 5.97. The Morgan fingerprint density at radius 3 is 2.65 bits per heavy atom. The van der Waals surface area contributed by atoms with E-state index >= 15 is 0 Å². The van der Waals surface area contributed by atoms with Crippen molar-refractivity contribution in [1.29, 1.82) is 0 Å². The van der Waals surface area contributed by atoms with Crippen LogP contribution < -0.4 is 0 Å². The maximum atomic E-state index is 13.2. The maximum absolute atomic E-state index is 13.2. The van der Waals surface area contributed by atoms with E-state index in [1.807, 2.05) is 29.2 Å². The molecule has 8 nitrogen and oxygen atoms in total. The molecule has 1 aliphatic heterocycles. The van der Waals surface area contributed by atoms with Crippen LogP contribution in [-0.4, -0.2) is 46.9 Å². The molecule has 0 N–H and O–H groups in total. The van der Waals surface area contributed by atoms with Gasteiger partial charge in [-0.15, -0.1) is 20.4 Å². The molecule has 26 heavy (non-hydrogen) atoms. The zero-order valence-corrected chi connectivity index (χ0v) is 14.5. The van der Waals surface area contributed by atoms with Crippen LogP contribution in [0.25, 0.3) is 5.69 Å². The van der Waals surface area contributed by atoms with Crippen LogP contribution >= 0.6 is 0 Å². The van der Waals surface area contributed by atoms with Gasteiger partial charge in [-0.3, -0.25) is 9.36 Å². The topological polar surface area (TPSA) is 81.7 Å². The molecular formula is C18H19N7O. The zero-order valence-electron chi connectivity index (χ0n) is 14.5. The van der Waals surface area contributed by atoms with E-state index < -0.39 is 0 Å². The van der Waals surface area contributed by atoms with Gasteiger partial charge in [-0.1, -0.05) is 12.1 Å². The lowest BCUT2D eigenvalue weighted by Gasteiger charge is -2.33. The van der Waals surface area contributed by atoms with Crippen molar-refractivity contribution < 1.29 is 4.79 Å². The molecule has 0 spiro atoms. The summed E-state index contributed by atoms with van der Waals surface area (Å²) in [6, 6.07) is 7.70. The number of nitrogens with zero attached hydrogens (tertiary/aromatic N) is 7. The summed E-state index contributed by atoms with van der Waals surface area (Å²) in [7, 11) is 0. The number of para-hydroxylation sites is 1. The van der Waals surface area contributed by atoms with Gasteiger partial charge < -0.3 is 9.47 Å². The van der Waals surface area contributed by atoms with E-state index in [0.717, 1.165) is 17.3 Å². The number of rotatable bonds is 3. The molecule has 0 unspecified atom stereocenters. The molecule has 2 aliphatic rings. The molecule has 1 aliphatic carbocycles. The Bertz CT molecular complexity index is 958. The smallest absolute Gasteiger partial charge is 0.256 e. The number of carbonyl (C=O) groups is 1. The molecule has 0 saturated heterocycles. The number of benzene rings is 1. The highest BCUT2D eigenvalue weighted by Gasteiger charge is 2.36. The lowest BCUT2D eigenvalue weighted by atomic mass is 10.1. The van der Waals surface area contributed by atoms with Crippen LogP contribution in [0.4, 0.5) is 0 Å². The van der Waals surface area contributed by atoms with Crippen molar-refractivity contribution in [2.75, 3.05) is 6.54 Å². The van der Waals surface area contributed by atoms with Gasteiger partial charge in [-0.25, -0.2) is 0 Å². The van der Waals surface area contributed by atoms with Crippen molar-refractivity contribution in [1.82, 2.24) is 34.4 Å². The predicted molar refractivity (Wildman–Crippen MR) is 92.8 cm³/mol. The van der Waals surface area contributed by atoms with Crippen LogP contribution in [-0.2, 0) is 6.54 Å². The first kappa shape index (κ1) is 15.2. The summed E-state index contributed by atoms with van der Waals surface area (Å²) < 4.78 is 3.99. The molecule has 1 fully saturated rings. The Morgan fingerprint density at radius 2 is 1.88 bits per heavy atom. The van der Waals surface area contributed by atoms with E-state index in [1.165, 1.54) is 12.8 Å².